The summed E-state index contributed by atoms with van der Waals surface area (Å²) in [6.07, 6.45) is -8.23. The lowest BCUT2D eigenvalue weighted by atomic mass is 9.81. The second kappa shape index (κ2) is 15.1. The molecule has 2 atom stereocenters. The Balaban J connectivity index is 1.50. The number of imide groups is 1. The van der Waals surface area contributed by atoms with E-state index >= 15 is 0 Å². The minimum absolute atomic E-state index is 0.00190. The third-order valence-electron chi connectivity index (χ3n) is 7.62. The van der Waals surface area contributed by atoms with E-state index in [9.17, 15) is 32.3 Å². The highest BCUT2D eigenvalue weighted by molar-refractivity contribution is 5.99. The number of hydrogen-bond donors (Lipinski definition) is 1. The molecule has 1 aliphatic heterocycles. The molecular formula is C32H39F3N4O8. The molecule has 256 valence electrons. The molecule has 2 N–H and O–H groups in total. The molecule has 2 fully saturated rings. The number of nitrogens with two attached hydrogens (primary N) is 1. The Hall–Kier alpha value is -4.21. The molecule has 47 heavy (non-hydrogen) atoms. The number of rotatable bonds is 9. The number of ether oxygens (including phenoxy) is 3. The number of carbonyl (C=O) groups excluding carboxylic acids is 4. The van der Waals surface area contributed by atoms with Crippen LogP contribution in [-0.4, -0.2) is 75.7 Å². The molecule has 2 aromatic carbocycles. The van der Waals surface area contributed by atoms with Crippen LogP contribution in [-0.2, 0) is 41.9 Å². The van der Waals surface area contributed by atoms with Crippen LogP contribution < -0.4 is 5.84 Å². The highest BCUT2D eigenvalue weighted by Crippen LogP contribution is 2.36. The Morgan fingerprint density at radius 1 is 0.872 bits per heavy atom. The molecule has 2 aliphatic rings. The lowest BCUT2D eigenvalue weighted by Gasteiger charge is -2.43. The summed E-state index contributed by atoms with van der Waals surface area (Å²) in [5.41, 5.74) is 0.536. The Bertz CT molecular complexity index is 1380. The number of halogens is 3. The maximum Gasteiger partial charge on any atom is 0.522 e. The van der Waals surface area contributed by atoms with Crippen molar-refractivity contribution >= 4 is 24.0 Å². The topological polar surface area (TPSA) is 141 Å². The van der Waals surface area contributed by atoms with Gasteiger partial charge < -0.3 is 9.47 Å². The summed E-state index contributed by atoms with van der Waals surface area (Å²) >= 11 is 0. The van der Waals surface area contributed by atoms with Crippen molar-refractivity contribution in [3.8, 4) is 0 Å². The van der Waals surface area contributed by atoms with E-state index in [1.165, 1.54) is 0 Å². The molecule has 4 rings (SSSR count). The maximum absolute atomic E-state index is 13.5. The van der Waals surface area contributed by atoms with Crippen molar-refractivity contribution in [1.82, 2.24) is 15.0 Å². The summed E-state index contributed by atoms with van der Waals surface area (Å²) in [7, 11) is 0. The molecule has 1 saturated carbocycles. The number of likely N-dealkylation sites (tertiary alicyclic amines) is 1. The van der Waals surface area contributed by atoms with Gasteiger partial charge in [-0.15, -0.1) is 13.2 Å². The van der Waals surface area contributed by atoms with Gasteiger partial charge in [-0.25, -0.2) is 20.4 Å². The molecule has 15 heteroatoms. The molecule has 0 aromatic heterocycles. The van der Waals surface area contributed by atoms with E-state index in [1.807, 2.05) is 36.4 Å². The first kappa shape index (κ1) is 35.6. The molecule has 12 nitrogen and oxygen atoms in total. The normalized spacial score (nSPS) is 21.3. The minimum Gasteiger partial charge on any atom is -0.444 e. The van der Waals surface area contributed by atoms with E-state index in [2.05, 4.69) is 4.74 Å². The van der Waals surface area contributed by atoms with Gasteiger partial charge >= 0.3 is 18.5 Å². The molecule has 0 radical (unpaired) electrons. The van der Waals surface area contributed by atoms with E-state index in [0.29, 0.717) is 5.01 Å². The molecule has 1 aliphatic carbocycles. The first-order valence-electron chi connectivity index (χ1n) is 15.1. The molecule has 2 aromatic rings. The predicted molar refractivity (Wildman–Crippen MR) is 159 cm³/mol. The lowest BCUT2D eigenvalue weighted by Crippen LogP contribution is -2.62. The van der Waals surface area contributed by atoms with Crippen LogP contribution in [0.15, 0.2) is 60.7 Å². The van der Waals surface area contributed by atoms with Crippen LogP contribution in [0.4, 0.5) is 22.8 Å². The fourth-order valence-corrected chi connectivity index (χ4v) is 5.25. The number of hydrazine groups is 1. The zero-order valence-corrected chi connectivity index (χ0v) is 26.4. The van der Waals surface area contributed by atoms with Crippen molar-refractivity contribution in [3.63, 3.8) is 0 Å². The second-order valence-electron chi connectivity index (χ2n) is 12.4. The largest absolute Gasteiger partial charge is 0.522 e. The van der Waals surface area contributed by atoms with Crippen molar-refractivity contribution in [2.75, 3.05) is 6.54 Å². The Kier molecular flexibility index (Phi) is 11.5. The summed E-state index contributed by atoms with van der Waals surface area (Å²) < 4.78 is 52.6. The summed E-state index contributed by atoms with van der Waals surface area (Å²) in [6, 6.07) is 16.0. The maximum atomic E-state index is 13.5. The summed E-state index contributed by atoms with van der Waals surface area (Å²) in [5.74, 6) is 3.11. The molecule has 0 bridgehead atoms. The highest BCUT2D eigenvalue weighted by Gasteiger charge is 2.47. The number of hydrogen-bond acceptors (Lipinski definition) is 9. The van der Waals surface area contributed by atoms with Crippen LogP contribution >= 0.6 is 0 Å². The zero-order valence-electron chi connectivity index (χ0n) is 26.4. The number of hydroxylamine groups is 2. The quantitative estimate of drug-likeness (QED) is 0.168. The lowest BCUT2D eigenvalue weighted by molar-refractivity contribution is -0.353. The SMILES string of the molecule is CC(C)(C)OC(=O)N1C[C@@H](N(OCc2ccccc2)C(=O)OCc2ccccc2)CC[C@@H]1C(=O)N(N)C(=O)C1CC(OC(F)(F)F)C1. The number of benzene rings is 2. The predicted octanol–water partition coefficient (Wildman–Crippen LogP) is 5.07. The Labute approximate surface area is 270 Å². The zero-order chi connectivity index (χ0) is 34.4. The fourth-order valence-electron chi connectivity index (χ4n) is 5.25. The molecule has 0 unspecified atom stereocenters. The van der Waals surface area contributed by atoms with Gasteiger partial charge in [0.15, 0.2) is 0 Å². The summed E-state index contributed by atoms with van der Waals surface area (Å²) in [4.78, 5) is 60.3. The molecular weight excluding hydrogens is 625 g/mol. The van der Waals surface area contributed by atoms with Gasteiger partial charge in [0.05, 0.1) is 12.1 Å². The van der Waals surface area contributed by atoms with Crippen LogP contribution in [0.5, 0.6) is 0 Å². The van der Waals surface area contributed by atoms with Crippen molar-refractivity contribution in [1.29, 1.82) is 0 Å². The van der Waals surface area contributed by atoms with E-state index in [0.717, 1.165) is 21.1 Å². The van der Waals surface area contributed by atoms with Gasteiger partial charge in [-0.1, -0.05) is 60.7 Å². The average molecular weight is 665 g/mol. The molecule has 0 spiro atoms. The van der Waals surface area contributed by atoms with Crippen LogP contribution in [0, 0.1) is 5.92 Å². The molecule has 4 amide bonds. The monoisotopic (exact) mass is 664 g/mol. The number of piperidine rings is 1. The van der Waals surface area contributed by atoms with E-state index in [1.54, 1.807) is 45.0 Å². The van der Waals surface area contributed by atoms with Gasteiger partial charge in [0.1, 0.15) is 24.9 Å². The van der Waals surface area contributed by atoms with Gasteiger partial charge in [-0.3, -0.25) is 24.1 Å². The molecule has 1 saturated heterocycles. The van der Waals surface area contributed by atoms with Gasteiger partial charge in [0.2, 0.25) is 5.91 Å². The van der Waals surface area contributed by atoms with Crippen LogP contribution in [0.1, 0.15) is 57.6 Å². The van der Waals surface area contributed by atoms with E-state index < -0.39 is 60.1 Å². The third kappa shape index (κ3) is 10.1. The minimum atomic E-state index is -4.85. The first-order valence-corrected chi connectivity index (χ1v) is 15.1. The Morgan fingerprint density at radius 3 is 2.00 bits per heavy atom. The summed E-state index contributed by atoms with van der Waals surface area (Å²) in [6.45, 7) is 4.61. The summed E-state index contributed by atoms with van der Waals surface area (Å²) in [5, 5.41) is 1.38. The number of carbonyl (C=O) groups is 4. The standard InChI is InChI=1S/C32H39F3N4O8/c1-31(2,3)47-29(42)37-18-24(14-15-26(37)28(41)38(36)27(40)23-16-25(17-23)46-32(33,34)35)39(45-20-22-12-8-5-9-13-22)30(43)44-19-21-10-6-4-7-11-21/h4-13,23-26H,14-20,36H2,1-3H3/t23?,24-,25?,26+/m0/s1. The fraction of sp³-hybridized carbons (Fsp3) is 0.500. The average Bonchev–Trinajstić information content (AvgIpc) is 3.00. The smallest absolute Gasteiger partial charge is 0.444 e. The molecule has 1 heterocycles. The first-order chi connectivity index (χ1) is 22.1. The van der Waals surface area contributed by atoms with Crippen molar-refractivity contribution in [2.24, 2.45) is 11.8 Å². The van der Waals surface area contributed by atoms with Crippen LogP contribution in [0.3, 0.4) is 0 Å². The van der Waals surface area contributed by atoms with Gasteiger partial charge in [-0.2, -0.15) is 5.06 Å². The number of amides is 4. The van der Waals surface area contributed by atoms with Crippen LogP contribution in [0.2, 0.25) is 0 Å². The third-order valence-corrected chi connectivity index (χ3v) is 7.62. The highest BCUT2D eigenvalue weighted by atomic mass is 19.4. The van der Waals surface area contributed by atoms with Crippen LogP contribution in [0.25, 0.3) is 0 Å². The number of alkyl halides is 3. The van der Waals surface area contributed by atoms with E-state index in [-0.39, 0.29) is 45.4 Å². The Morgan fingerprint density at radius 2 is 1.45 bits per heavy atom. The van der Waals surface area contributed by atoms with Gasteiger partial charge in [0, 0.05) is 12.5 Å². The van der Waals surface area contributed by atoms with Gasteiger partial charge in [0.25, 0.3) is 5.91 Å². The van der Waals surface area contributed by atoms with Crippen molar-refractivity contribution < 1.29 is 51.4 Å². The van der Waals surface area contributed by atoms with Crippen molar-refractivity contribution in [3.05, 3.63) is 71.8 Å². The van der Waals surface area contributed by atoms with E-state index in [4.69, 9.17) is 20.2 Å². The van der Waals surface area contributed by atoms with Crippen molar-refractivity contribution in [2.45, 2.75) is 89.8 Å². The number of nitrogens with zero attached hydrogens (tertiary/aromatic N) is 3. The van der Waals surface area contributed by atoms with Gasteiger partial charge in [-0.05, 0) is 57.6 Å². The second-order valence-corrected chi connectivity index (χ2v) is 12.4.